The molecule has 9 heteroatoms. The fraction of sp³-hybridized carbons (Fsp3) is 0.192. The Morgan fingerprint density at radius 2 is 1.57 bits per heavy atom. The van der Waals surface area contributed by atoms with Crippen molar-refractivity contribution >= 4 is 23.7 Å². The van der Waals surface area contributed by atoms with Crippen molar-refractivity contribution in [2.75, 3.05) is 18.5 Å². The molecule has 2 amide bonds. The summed E-state index contributed by atoms with van der Waals surface area (Å²) in [6.07, 6.45) is -0.978. The summed E-state index contributed by atoms with van der Waals surface area (Å²) in [5.41, 5.74) is 1.33. The van der Waals surface area contributed by atoms with E-state index < -0.39 is 41.6 Å². The first-order valence-corrected chi connectivity index (χ1v) is 10.8. The third kappa shape index (κ3) is 4.58. The van der Waals surface area contributed by atoms with E-state index in [9.17, 15) is 29.0 Å². The average Bonchev–Trinajstić information content (AvgIpc) is 3.17. The Morgan fingerprint density at radius 1 is 0.971 bits per heavy atom. The summed E-state index contributed by atoms with van der Waals surface area (Å²) in [4.78, 5) is 36.7. The third-order valence-corrected chi connectivity index (χ3v) is 6.01. The maximum atomic E-state index is 14.6. The van der Waals surface area contributed by atoms with Gasteiger partial charge in [0, 0.05) is 5.92 Å². The molecule has 35 heavy (non-hydrogen) atoms. The van der Waals surface area contributed by atoms with Crippen LogP contribution in [0.1, 0.15) is 34.3 Å². The van der Waals surface area contributed by atoms with Gasteiger partial charge in [-0.25, -0.2) is 14.0 Å². The quantitative estimate of drug-likeness (QED) is 0.410. The first-order chi connectivity index (χ1) is 16.7. The van der Waals surface area contributed by atoms with Crippen molar-refractivity contribution < 1.29 is 33.7 Å². The van der Waals surface area contributed by atoms with Crippen LogP contribution in [0.2, 0.25) is 0 Å². The Balaban J connectivity index is 1.51. The Kier molecular flexibility index (Phi) is 6.52. The number of carboxylic acid groups (broad SMARTS) is 1. The minimum absolute atomic E-state index is 0.0164. The maximum absolute atomic E-state index is 14.6. The first kappa shape index (κ1) is 23.9. The predicted octanol–water partition coefficient (Wildman–Crippen LogP) is 3.75. The molecule has 0 fully saturated rings. The lowest BCUT2D eigenvalue weighted by Gasteiger charge is -2.24. The van der Waals surface area contributed by atoms with Gasteiger partial charge in [0.2, 0.25) is 0 Å². The number of rotatable bonds is 7. The summed E-state index contributed by atoms with van der Waals surface area (Å²) in [6, 6.07) is 19.1. The fourth-order valence-corrected chi connectivity index (χ4v) is 4.06. The van der Waals surface area contributed by atoms with Crippen molar-refractivity contribution in [3.63, 3.8) is 0 Å². The van der Waals surface area contributed by atoms with Crippen molar-refractivity contribution in [2.45, 2.75) is 18.4 Å². The van der Waals surface area contributed by atoms with E-state index in [4.69, 9.17) is 4.74 Å². The van der Waals surface area contributed by atoms with Crippen LogP contribution in [-0.2, 0) is 9.53 Å². The summed E-state index contributed by atoms with van der Waals surface area (Å²) < 4.78 is 20.0. The lowest BCUT2D eigenvalue weighted by atomic mass is 9.98. The topological polar surface area (TPSA) is 125 Å². The number of benzene rings is 3. The molecule has 180 valence electrons. The number of anilines is 1. The van der Waals surface area contributed by atoms with Gasteiger partial charge in [0.15, 0.2) is 5.54 Å². The van der Waals surface area contributed by atoms with Gasteiger partial charge in [-0.1, -0.05) is 54.6 Å². The zero-order chi connectivity index (χ0) is 25.2. The van der Waals surface area contributed by atoms with Crippen LogP contribution >= 0.6 is 0 Å². The van der Waals surface area contributed by atoms with Gasteiger partial charge < -0.3 is 20.3 Å². The van der Waals surface area contributed by atoms with Crippen molar-refractivity contribution in [1.29, 1.82) is 0 Å². The molecule has 0 spiro atoms. The highest BCUT2D eigenvalue weighted by molar-refractivity contribution is 6.04. The van der Waals surface area contributed by atoms with Gasteiger partial charge >= 0.3 is 12.1 Å². The molecule has 0 saturated carbocycles. The Labute approximate surface area is 200 Å². The highest BCUT2D eigenvalue weighted by Gasteiger charge is 2.35. The van der Waals surface area contributed by atoms with E-state index in [0.717, 1.165) is 35.2 Å². The monoisotopic (exact) mass is 478 g/mol. The molecule has 0 bridgehead atoms. The molecule has 0 aliphatic heterocycles. The van der Waals surface area contributed by atoms with Crippen LogP contribution in [0.25, 0.3) is 11.1 Å². The second kappa shape index (κ2) is 9.55. The van der Waals surface area contributed by atoms with Crippen LogP contribution in [0, 0.1) is 5.82 Å². The summed E-state index contributed by atoms with van der Waals surface area (Å²) in [7, 11) is 0. The Bertz CT molecular complexity index is 1270. The molecule has 4 rings (SSSR count). The fourth-order valence-electron chi connectivity index (χ4n) is 4.06. The molecule has 0 aromatic heterocycles. The number of hydrogen-bond acceptors (Lipinski definition) is 5. The number of carbonyl (C=O) groups is 3. The Hall–Kier alpha value is -4.24. The van der Waals surface area contributed by atoms with Crippen molar-refractivity contribution in [3.8, 4) is 11.1 Å². The third-order valence-electron chi connectivity index (χ3n) is 6.01. The van der Waals surface area contributed by atoms with E-state index in [1.807, 2.05) is 48.5 Å². The van der Waals surface area contributed by atoms with Gasteiger partial charge in [-0.3, -0.25) is 10.1 Å². The van der Waals surface area contributed by atoms with Gasteiger partial charge in [-0.15, -0.1) is 0 Å². The number of aliphatic hydroxyl groups is 1. The predicted molar refractivity (Wildman–Crippen MR) is 126 cm³/mol. The lowest BCUT2D eigenvalue weighted by molar-refractivity contribution is -0.145. The molecule has 3 aromatic rings. The number of halogens is 1. The van der Waals surface area contributed by atoms with Gasteiger partial charge in [-0.2, -0.15) is 0 Å². The molecule has 0 heterocycles. The lowest BCUT2D eigenvalue weighted by Crippen LogP contribution is -2.55. The van der Waals surface area contributed by atoms with Crippen molar-refractivity contribution in [2.24, 2.45) is 0 Å². The number of fused-ring (bicyclic) bond motifs is 3. The normalized spacial score (nSPS) is 13.8. The van der Waals surface area contributed by atoms with E-state index >= 15 is 0 Å². The minimum Gasteiger partial charge on any atom is -0.479 e. The number of hydrogen-bond donors (Lipinski definition) is 4. The molecule has 1 unspecified atom stereocenters. The highest BCUT2D eigenvalue weighted by Crippen LogP contribution is 2.44. The number of nitrogens with one attached hydrogen (secondary N) is 2. The molecular weight excluding hydrogens is 455 g/mol. The molecule has 0 saturated heterocycles. The van der Waals surface area contributed by atoms with Crippen molar-refractivity contribution in [3.05, 3.63) is 89.2 Å². The van der Waals surface area contributed by atoms with Crippen LogP contribution < -0.4 is 10.6 Å². The number of ether oxygens (including phenoxy) is 1. The molecular formula is C26H23FN2O6. The van der Waals surface area contributed by atoms with E-state index in [1.165, 1.54) is 12.1 Å². The second-order valence-electron chi connectivity index (χ2n) is 8.36. The van der Waals surface area contributed by atoms with Gasteiger partial charge in [0.05, 0.1) is 17.9 Å². The molecule has 0 radical (unpaired) electrons. The molecule has 8 nitrogen and oxygen atoms in total. The molecule has 1 aliphatic carbocycles. The minimum atomic E-state index is -2.00. The number of para-hydroxylation sites is 1. The number of carboxylic acids is 1. The van der Waals surface area contributed by atoms with Crippen LogP contribution in [0.3, 0.4) is 0 Å². The number of amides is 2. The van der Waals surface area contributed by atoms with Crippen LogP contribution in [0.4, 0.5) is 14.9 Å². The van der Waals surface area contributed by atoms with E-state index in [1.54, 1.807) is 0 Å². The molecule has 3 aromatic carbocycles. The molecule has 1 aliphatic rings. The first-order valence-electron chi connectivity index (χ1n) is 10.8. The summed E-state index contributed by atoms with van der Waals surface area (Å²) >= 11 is 0. The zero-order valence-electron chi connectivity index (χ0n) is 18.7. The van der Waals surface area contributed by atoms with E-state index in [2.05, 4.69) is 10.6 Å². The number of carbonyl (C=O) groups excluding carboxylic acids is 2. The van der Waals surface area contributed by atoms with Gasteiger partial charge in [0.25, 0.3) is 5.91 Å². The van der Waals surface area contributed by atoms with Gasteiger partial charge in [-0.05, 0) is 41.3 Å². The standard InChI is InChI=1S/C26H23FN2O6/c1-26(14-30,24(32)33)29-23(31)19-11-6-12-21(27)22(19)28-25(34)35-13-20-17-9-4-2-7-15(17)16-8-3-5-10-18(16)20/h2-12,20,30H,13-14H2,1H3,(H,28,34)(H,29,31)(H,32,33). The van der Waals surface area contributed by atoms with Crippen LogP contribution in [-0.4, -0.2) is 46.9 Å². The largest absolute Gasteiger partial charge is 0.479 e. The van der Waals surface area contributed by atoms with E-state index in [0.29, 0.717) is 0 Å². The summed E-state index contributed by atoms with van der Waals surface area (Å²) in [5.74, 6) is -3.59. The Morgan fingerprint density at radius 3 is 2.14 bits per heavy atom. The number of aliphatic hydroxyl groups excluding tert-OH is 1. The SMILES string of the molecule is CC(CO)(NC(=O)c1cccc(F)c1NC(=O)OCC1c2ccccc2-c2ccccc21)C(=O)O. The second-order valence-corrected chi connectivity index (χ2v) is 8.36. The molecule has 4 N–H and O–H groups in total. The van der Waals surface area contributed by atoms with Crippen LogP contribution in [0.5, 0.6) is 0 Å². The number of aliphatic carboxylic acids is 1. The van der Waals surface area contributed by atoms with Crippen LogP contribution in [0.15, 0.2) is 66.7 Å². The highest BCUT2D eigenvalue weighted by atomic mass is 19.1. The average molecular weight is 478 g/mol. The van der Waals surface area contributed by atoms with Crippen molar-refractivity contribution in [1.82, 2.24) is 5.32 Å². The van der Waals surface area contributed by atoms with Gasteiger partial charge in [0.1, 0.15) is 12.4 Å². The maximum Gasteiger partial charge on any atom is 0.411 e. The summed E-state index contributed by atoms with van der Waals surface area (Å²) in [5, 5.41) is 23.1. The zero-order valence-corrected chi connectivity index (χ0v) is 18.7. The smallest absolute Gasteiger partial charge is 0.411 e. The summed E-state index contributed by atoms with van der Waals surface area (Å²) in [6.45, 7) is 0.196. The van der Waals surface area contributed by atoms with E-state index in [-0.39, 0.29) is 18.1 Å². The molecule has 1 atom stereocenters.